The molecule has 8 nitrogen and oxygen atoms in total. The summed E-state index contributed by atoms with van der Waals surface area (Å²) in [4.78, 5) is 17.4. The third kappa shape index (κ3) is 4.63. The fourth-order valence-corrected chi connectivity index (χ4v) is 4.42. The summed E-state index contributed by atoms with van der Waals surface area (Å²) in [7, 11) is 0. The minimum atomic E-state index is -0.184. The molecule has 2 aliphatic rings. The minimum absolute atomic E-state index is 0.184. The van der Waals surface area contributed by atoms with Gasteiger partial charge in [-0.15, -0.1) is 0 Å². The second-order valence-electron chi connectivity index (χ2n) is 7.96. The molecule has 1 aromatic heterocycles. The lowest BCUT2D eigenvalue weighted by Gasteiger charge is -2.30. The van der Waals surface area contributed by atoms with Gasteiger partial charge >= 0.3 is 0 Å². The molecular formula is C23H23ClN6O2S. The Kier molecular flexibility index (Phi) is 6.37. The van der Waals surface area contributed by atoms with Crippen LogP contribution in [0.5, 0.6) is 0 Å². The van der Waals surface area contributed by atoms with Gasteiger partial charge < -0.3 is 4.74 Å². The zero-order valence-electron chi connectivity index (χ0n) is 17.9. The van der Waals surface area contributed by atoms with E-state index in [1.54, 1.807) is 21.7 Å². The van der Waals surface area contributed by atoms with Crippen molar-refractivity contribution >= 4 is 41.1 Å². The number of fused-ring (bicyclic) bond motifs is 1. The highest BCUT2D eigenvalue weighted by Crippen LogP contribution is 2.32. The van der Waals surface area contributed by atoms with Crippen molar-refractivity contribution in [2.24, 2.45) is 5.10 Å². The highest BCUT2D eigenvalue weighted by molar-refractivity contribution is 7.71. The van der Waals surface area contributed by atoms with Crippen LogP contribution in [-0.2, 0) is 22.4 Å². The average molecular weight is 483 g/mol. The van der Waals surface area contributed by atoms with Gasteiger partial charge in [-0.1, -0.05) is 41.9 Å². The van der Waals surface area contributed by atoms with Crippen LogP contribution in [0.15, 0.2) is 53.6 Å². The number of H-pyrrole nitrogens is 1. The van der Waals surface area contributed by atoms with Crippen molar-refractivity contribution in [2.75, 3.05) is 37.9 Å². The van der Waals surface area contributed by atoms with Crippen LogP contribution in [-0.4, -0.2) is 64.4 Å². The number of carbonyl (C=O) groups is 1. The first kappa shape index (κ1) is 22.0. The summed E-state index contributed by atoms with van der Waals surface area (Å²) in [6.45, 7) is 3.33. The Labute approximate surface area is 201 Å². The molecule has 2 aliphatic heterocycles. The van der Waals surface area contributed by atoms with Crippen molar-refractivity contribution in [3.8, 4) is 0 Å². The standard InChI is InChI=1S/C23H23ClN6O2S/c24-17-7-8-19-18(14-17)21(22(31)29(19)15-28-10-12-32-13-11-28)27-30-20(25-26-23(30)33)9-6-16-4-2-1-3-5-16/h1-5,7-8,14H,6,9-13,15H2,(H,26,33)/b27-21-. The number of rotatable bonds is 6. The molecule has 170 valence electrons. The van der Waals surface area contributed by atoms with Gasteiger partial charge in [0.05, 0.1) is 25.6 Å². The van der Waals surface area contributed by atoms with Crippen LogP contribution >= 0.6 is 23.8 Å². The number of halogens is 1. The number of anilines is 1. The third-order valence-electron chi connectivity index (χ3n) is 5.79. The number of hydrogen-bond acceptors (Lipinski definition) is 6. The number of nitrogens with zero attached hydrogens (tertiary/aromatic N) is 5. The summed E-state index contributed by atoms with van der Waals surface area (Å²) in [5, 5.41) is 12.4. The number of carbonyl (C=O) groups excluding carboxylic acids is 1. The first-order valence-electron chi connectivity index (χ1n) is 10.8. The van der Waals surface area contributed by atoms with Gasteiger partial charge in [0.1, 0.15) is 0 Å². The van der Waals surface area contributed by atoms with Crippen LogP contribution in [0.1, 0.15) is 17.0 Å². The molecule has 0 spiro atoms. The number of benzene rings is 2. The molecule has 1 amide bonds. The van der Waals surface area contributed by atoms with Gasteiger partial charge in [0, 0.05) is 30.1 Å². The van der Waals surface area contributed by atoms with E-state index in [1.807, 2.05) is 24.3 Å². The lowest BCUT2D eigenvalue weighted by Crippen LogP contribution is -2.46. The zero-order chi connectivity index (χ0) is 22.8. The lowest BCUT2D eigenvalue weighted by molar-refractivity contribution is -0.112. The van der Waals surface area contributed by atoms with Gasteiger partial charge in [-0.3, -0.25) is 19.7 Å². The second kappa shape index (κ2) is 9.56. The molecule has 0 atom stereocenters. The molecule has 0 saturated carbocycles. The van der Waals surface area contributed by atoms with Crippen LogP contribution in [0, 0.1) is 4.77 Å². The van der Waals surface area contributed by atoms with E-state index < -0.39 is 0 Å². The molecule has 1 fully saturated rings. The highest BCUT2D eigenvalue weighted by atomic mass is 35.5. The van der Waals surface area contributed by atoms with Crippen LogP contribution in [0.4, 0.5) is 5.69 Å². The number of ether oxygens (including phenoxy) is 1. The average Bonchev–Trinajstić information content (AvgIpc) is 3.31. The number of aryl methyl sites for hydroxylation is 2. The van der Waals surface area contributed by atoms with Gasteiger partial charge in [-0.05, 0) is 42.4 Å². The fourth-order valence-electron chi connectivity index (χ4n) is 4.06. The maximum absolute atomic E-state index is 13.5. The summed E-state index contributed by atoms with van der Waals surface area (Å²) in [5.41, 5.74) is 2.98. The highest BCUT2D eigenvalue weighted by Gasteiger charge is 2.36. The van der Waals surface area contributed by atoms with Crippen molar-refractivity contribution in [3.63, 3.8) is 0 Å². The molecule has 0 radical (unpaired) electrons. The summed E-state index contributed by atoms with van der Waals surface area (Å²) in [5.74, 6) is 0.482. The van der Waals surface area contributed by atoms with E-state index >= 15 is 0 Å². The van der Waals surface area contributed by atoms with E-state index in [0.717, 1.165) is 25.2 Å². The molecule has 3 heterocycles. The van der Waals surface area contributed by atoms with Gasteiger partial charge in [0.15, 0.2) is 11.5 Å². The molecule has 0 unspecified atom stereocenters. The van der Waals surface area contributed by atoms with Crippen molar-refractivity contribution in [1.82, 2.24) is 19.8 Å². The number of nitrogens with one attached hydrogen (secondary N) is 1. The molecule has 3 aromatic rings. The Hall–Kier alpha value is -2.85. The Morgan fingerprint density at radius 2 is 1.91 bits per heavy atom. The fraction of sp³-hybridized carbons (Fsp3) is 0.304. The normalized spacial score (nSPS) is 17.7. The third-order valence-corrected chi connectivity index (χ3v) is 6.29. The Morgan fingerprint density at radius 1 is 1.12 bits per heavy atom. The predicted octanol–water partition coefficient (Wildman–Crippen LogP) is 3.27. The second-order valence-corrected chi connectivity index (χ2v) is 8.78. The molecule has 1 N–H and O–H groups in total. The molecule has 33 heavy (non-hydrogen) atoms. The van der Waals surface area contributed by atoms with Crippen molar-refractivity contribution in [2.45, 2.75) is 12.8 Å². The van der Waals surface area contributed by atoms with Crippen molar-refractivity contribution in [1.29, 1.82) is 0 Å². The van der Waals surface area contributed by atoms with Crippen LogP contribution in [0.2, 0.25) is 5.02 Å². The monoisotopic (exact) mass is 482 g/mol. The van der Waals surface area contributed by atoms with E-state index in [0.29, 0.717) is 53.2 Å². The molecule has 10 heteroatoms. The number of amides is 1. The van der Waals surface area contributed by atoms with Crippen LogP contribution < -0.4 is 4.90 Å². The SMILES string of the molecule is O=C1/C(=N\n2c(CCc3ccccc3)n[nH]c2=S)c2cc(Cl)ccc2N1CN1CCOCC1. The molecule has 2 aromatic carbocycles. The van der Waals surface area contributed by atoms with Crippen LogP contribution in [0.25, 0.3) is 0 Å². The summed E-state index contributed by atoms with van der Waals surface area (Å²) >= 11 is 11.7. The van der Waals surface area contributed by atoms with Crippen molar-refractivity contribution < 1.29 is 9.53 Å². The lowest BCUT2D eigenvalue weighted by atomic mass is 10.1. The Morgan fingerprint density at radius 3 is 2.70 bits per heavy atom. The number of hydrogen-bond donors (Lipinski definition) is 1. The van der Waals surface area contributed by atoms with Gasteiger partial charge in [-0.25, -0.2) is 0 Å². The number of morpholine rings is 1. The van der Waals surface area contributed by atoms with Crippen molar-refractivity contribution in [3.05, 3.63) is 75.3 Å². The van der Waals surface area contributed by atoms with E-state index in [9.17, 15) is 4.79 Å². The molecule has 0 bridgehead atoms. The predicted molar refractivity (Wildman–Crippen MR) is 129 cm³/mol. The van der Waals surface area contributed by atoms with E-state index in [4.69, 9.17) is 28.6 Å². The maximum Gasteiger partial charge on any atom is 0.280 e. The maximum atomic E-state index is 13.5. The Balaban J connectivity index is 1.47. The summed E-state index contributed by atoms with van der Waals surface area (Å²) in [6, 6.07) is 15.6. The first-order chi connectivity index (χ1) is 16.1. The van der Waals surface area contributed by atoms with E-state index in [-0.39, 0.29) is 5.91 Å². The van der Waals surface area contributed by atoms with Gasteiger partial charge in [0.25, 0.3) is 5.91 Å². The quantitative estimate of drug-likeness (QED) is 0.545. The smallest absolute Gasteiger partial charge is 0.280 e. The van der Waals surface area contributed by atoms with Crippen LogP contribution in [0.3, 0.4) is 0 Å². The largest absolute Gasteiger partial charge is 0.379 e. The molecule has 0 aliphatic carbocycles. The minimum Gasteiger partial charge on any atom is -0.379 e. The topological polar surface area (TPSA) is 78.8 Å². The molecular weight excluding hydrogens is 460 g/mol. The summed E-state index contributed by atoms with van der Waals surface area (Å²) < 4.78 is 7.33. The van der Waals surface area contributed by atoms with E-state index in [2.05, 4.69) is 32.3 Å². The Bertz CT molecular complexity index is 1250. The number of aromatic amines is 1. The molecule has 1 saturated heterocycles. The van der Waals surface area contributed by atoms with Gasteiger partial charge in [-0.2, -0.15) is 14.9 Å². The van der Waals surface area contributed by atoms with Gasteiger partial charge in [0.2, 0.25) is 4.77 Å². The zero-order valence-corrected chi connectivity index (χ0v) is 19.5. The summed E-state index contributed by atoms with van der Waals surface area (Å²) in [6.07, 6.45) is 1.41. The first-order valence-corrected chi connectivity index (χ1v) is 11.6. The van der Waals surface area contributed by atoms with E-state index in [1.165, 1.54) is 5.56 Å². The number of aromatic nitrogens is 3. The molecule has 5 rings (SSSR count).